The van der Waals surface area contributed by atoms with Crippen LogP contribution in [0.4, 0.5) is 0 Å². The van der Waals surface area contributed by atoms with E-state index in [-0.39, 0.29) is 5.75 Å². The van der Waals surface area contributed by atoms with E-state index in [1.54, 1.807) is 18.2 Å². The zero-order chi connectivity index (χ0) is 25.7. The highest BCUT2D eigenvalue weighted by atomic mass is 16.5. The Kier molecular flexibility index (Phi) is 17.0. The van der Waals surface area contributed by atoms with Gasteiger partial charge in [-0.25, -0.2) is 0 Å². The fourth-order valence-electron chi connectivity index (χ4n) is 3.54. The number of carbonyl (C=O) groups is 1. The lowest BCUT2D eigenvalue weighted by molar-refractivity contribution is 0.112. The Morgan fingerprint density at radius 2 is 1.11 bits per heavy atom. The van der Waals surface area contributed by atoms with Crippen molar-refractivity contribution >= 4 is 6.29 Å². The van der Waals surface area contributed by atoms with Gasteiger partial charge in [-0.3, -0.25) is 4.79 Å². The summed E-state index contributed by atoms with van der Waals surface area (Å²) in [6, 6.07) is 10.2. The predicted octanol–water partition coefficient (Wildman–Crippen LogP) is 8.38. The quantitative estimate of drug-likeness (QED) is 0.173. The lowest BCUT2D eigenvalue weighted by Gasteiger charge is -2.07. The van der Waals surface area contributed by atoms with Crippen molar-refractivity contribution in [2.45, 2.75) is 97.8 Å². The number of aldehydes is 1. The van der Waals surface area contributed by atoms with Gasteiger partial charge in [0, 0.05) is 12.1 Å². The van der Waals surface area contributed by atoms with Gasteiger partial charge in [-0.2, -0.15) is 0 Å². The van der Waals surface area contributed by atoms with E-state index in [2.05, 4.69) is 13.8 Å². The number of rotatable bonds is 17. The van der Waals surface area contributed by atoms with Gasteiger partial charge < -0.3 is 19.7 Å². The number of hydrogen-bond acceptors (Lipinski definition) is 5. The summed E-state index contributed by atoms with van der Waals surface area (Å²) in [4.78, 5) is 10.5. The Bertz CT molecular complexity index is 818. The molecular weight excluding hydrogens is 440 g/mol. The summed E-state index contributed by atoms with van der Waals surface area (Å²) in [5, 5.41) is 19.0. The van der Waals surface area contributed by atoms with Crippen LogP contribution in [0.25, 0.3) is 0 Å². The molecule has 0 radical (unpaired) electrons. The average Bonchev–Trinajstić information content (AvgIpc) is 2.85. The SMILES string of the molecule is CCCCCCCCOc1ccc(C)c(O)c1.CCCCCCCCOc1ccc(C=O)c(O)c1. The Morgan fingerprint density at radius 3 is 1.57 bits per heavy atom. The molecule has 2 aromatic rings. The molecule has 0 aromatic heterocycles. The van der Waals surface area contributed by atoms with E-state index in [1.807, 2.05) is 19.1 Å². The van der Waals surface area contributed by atoms with Gasteiger partial charge in [0.1, 0.15) is 23.0 Å². The van der Waals surface area contributed by atoms with Crippen LogP contribution in [0.3, 0.4) is 0 Å². The van der Waals surface area contributed by atoms with Crippen molar-refractivity contribution in [2.24, 2.45) is 0 Å². The fraction of sp³-hybridized carbons (Fsp3) is 0.567. The normalized spacial score (nSPS) is 10.4. The zero-order valence-electron chi connectivity index (χ0n) is 22.1. The maximum atomic E-state index is 10.5. The van der Waals surface area contributed by atoms with E-state index in [0.717, 1.165) is 30.8 Å². The molecule has 0 heterocycles. The smallest absolute Gasteiger partial charge is 0.153 e. The molecule has 5 heteroatoms. The van der Waals surface area contributed by atoms with Gasteiger partial charge in [-0.1, -0.05) is 84.1 Å². The molecule has 0 saturated heterocycles. The number of phenols is 2. The van der Waals surface area contributed by atoms with Gasteiger partial charge in [0.15, 0.2) is 6.29 Å². The third-order valence-corrected chi connectivity index (χ3v) is 5.84. The monoisotopic (exact) mass is 486 g/mol. The number of benzene rings is 2. The van der Waals surface area contributed by atoms with Crippen LogP contribution in [0.5, 0.6) is 23.0 Å². The largest absolute Gasteiger partial charge is 0.508 e. The van der Waals surface area contributed by atoms with Crippen LogP contribution in [-0.2, 0) is 0 Å². The number of hydrogen-bond donors (Lipinski definition) is 2. The number of unbranched alkanes of at least 4 members (excludes halogenated alkanes) is 10. The molecule has 196 valence electrons. The summed E-state index contributed by atoms with van der Waals surface area (Å²) in [6.45, 7) is 7.72. The van der Waals surface area contributed by atoms with E-state index in [1.165, 1.54) is 70.3 Å². The molecule has 2 N–H and O–H groups in total. The Hall–Kier alpha value is -2.69. The first kappa shape index (κ1) is 30.3. The first-order valence-electron chi connectivity index (χ1n) is 13.3. The minimum atomic E-state index is -0.0227. The fourth-order valence-corrected chi connectivity index (χ4v) is 3.54. The molecule has 0 unspecified atom stereocenters. The highest BCUT2D eigenvalue weighted by Crippen LogP contribution is 2.23. The van der Waals surface area contributed by atoms with Crippen LogP contribution >= 0.6 is 0 Å². The summed E-state index contributed by atoms with van der Waals surface area (Å²) in [5.41, 5.74) is 1.18. The van der Waals surface area contributed by atoms with Crippen molar-refractivity contribution in [3.63, 3.8) is 0 Å². The molecular formula is C30H46O5. The molecule has 2 aromatic carbocycles. The molecule has 0 aliphatic rings. The van der Waals surface area contributed by atoms with Crippen molar-refractivity contribution < 1.29 is 24.5 Å². The van der Waals surface area contributed by atoms with Gasteiger partial charge in [0.25, 0.3) is 0 Å². The second-order valence-corrected chi connectivity index (χ2v) is 9.02. The van der Waals surface area contributed by atoms with Crippen LogP contribution in [-0.4, -0.2) is 29.7 Å². The summed E-state index contributed by atoms with van der Waals surface area (Å²) in [5.74, 6) is 1.67. The highest BCUT2D eigenvalue weighted by Gasteiger charge is 2.02. The number of ether oxygens (including phenoxy) is 2. The van der Waals surface area contributed by atoms with Crippen LogP contribution in [0, 0.1) is 6.92 Å². The van der Waals surface area contributed by atoms with E-state index < -0.39 is 0 Å². The van der Waals surface area contributed by atoms with Gasteiger partial charge in [-0.15, -0.1) is 0 Å². The first-order chi connectivity index (χ1) is 17.0. The number of carbonyl (C=O) groups excluding carboxylic acids is 1. The number of aromatic hydroxyl groups is 2. The predicted molar refractivity (Wildman–Crippen MR) is 144 cm³/mol. The molecule has 0 spiro atoms. The van der Waals surface area contributed by atoms with Crippen LogP contribution < -0.4 is 9.47 Å². The standard InChI is InChI=1S/C15H22O3.C15H24O2/c1-2-3-4-5-6-7-10-18-14-9-8-13(12-16)15(17)11-14;1-3-4-5-6-7-8-11-17-14-10-9-13(2)15(16)12-14/h8-9,11-12,17H,2-7,10H2,1H3;9-10,12,16H,3-8,11H2,1-2H3. The lowest BCUT2D eigenvalue weighted by Crippen LogP contribution is -1.97. The minimum absolute atomic E-state index is 0.0227. The third kappa shape index (κ3) is 14.3. The van der Waals surface area contributed by atoms with Crippen molar-refractivity contribution in [2.75, 3.05) is 13.2 Å². The summed E-state index contributed by atoms with van der Waals surface area (Å²) in [6.07, 6.45) is 15.6. The van der Waals surface area contributed by atoms with Crippen molar-refractivity contribution in [1.82, 2.24) is 0 Å². The summed E-state index contributed by atoms with van der Waals surface area (Å²) in [7, 11) is 0. The van der Waals surface area contributed by atoms with E-state index in [4.69, 9.17) is 9.47 Å². The maximum absolute atomic E-state index is 10.5. The zero-order valence-corrected chi connectivity index (χ0v) is 22.1. The summed E-state index contributed by atoms with van der Waals surface area (Å²) >= 11 is 0. The van der Waals surface area contributed by atoms with E-state index in [0.29, 0.717) is 30.0 Å². The van der Waals surface area contributed by atoms with Gasteiger partial charge >= 0.3 is 0 Å². The Morgan fingerprint density at radius 1 is 0.657 bits per heavy atom. The second-order valence-electron chi connectivity index (χ2n) is 9.02. The van der Waals surface area contributed by atoms with Crippen LogP contribution in [0.2, 0.25) is 0 Å². The van der Waals surface area contributed by atoms with Crippen molar-refractivity contribution in [3.8, 4) is 23.0 Å². The molecule has 2 rings (SSSR count). The third-order valence-electron chi connectivity index (χ3n) is 5.84. The molecule has 0 atom stereocenters. The van der Waals surface area contributed by atoms with Gasteiger partial charge in [0.2, 0.25) is 0 Å². The summed E-state index contributed by atoms with van der Waals surface area (Å²) < 4.78 is 11.1. The van der Waals surface area contributed by atoms with Crippen LogP contribution in [0.15, 0.2) is 36.4 Å². The van der Waals surface area contributed by atoms with E-state index in [9.17, 15) is 15.0 Å². The number of aryl methyl sites for hydroxylation is 1. The Balaban J connectivity index is 0.000000351. The maximum Gasteiger partial charge on any atom is 0.153 e. The molecule has 35 heavy (non-hydrogen) atoms. The second kappa shape index (κ2) is 19.6. The van der Waals surface area contributed by atoms with Gasteiger partial charge in [-0.05, 0) is 43.5 Å². The molecule has 0 aliphatic carbocycles. The average molecular weight is 487 g/mol. The first-order valence-corrected chi connectivity index (χ1v) is 13.3. The Labute approximate surface area is 212 Å². The molecule has 0 amide bonds. The van der Waals surface area contributed by atoms with E-state index >= 15 is 0 Å². The number of phenolic OH excluding ortho intramolecular Hbond substituents is 2. The molecule has 0 bridgehead atoms. The topological polar surface area (TPSA) is 76.0 Å². The minimum Gasteiger partial charge on any atom is -0.508 e. The van der Waals surface area contributed by atoms with Crippen molar-refractivity contribution in [3.05, 3.63) is 47.5 Å². The van der Waals surface area contributed by atoms with Gasteiger partial charge in [0.05, 0.1) is 18.8 Å². The molecule has 0 aliphatic heterocycles. The highest BCUT2D eigenvalue weighted by molar-refractivity contribution is 5.79. The molecule has 0 saturated carbocycles. The molecule has 5 nitrogen and oxygen atoms in total. The van der Waals surface area contributed by atoms with Crippen LogP contribution in [0.1, 0.15) is 107 Å². The molecule has 0 fully saturated rings. The lowest BCUT2D eigenvalue weighted by atomic mass is 10.1. The van der Waals surface area contributed by atoms with Crippen molar-refractivity contribution in [1.29, 1.82) is 0 Å².